The van der Waals surface area contributed by atoms with Crippen LogP contribution in [-0.4, -0.2) is 28.9 Å². The molecule has 3 aromatic rings. The number of nitrogens with one attached hydrogen (secondary N) is 1. The van der Waals surface area contributed by atoms with Crippen LogP contribution in [0.15, 0.2) is 48.0 Å². The Balaban J connectivity index is 1.35. The molecule has 1 aliphatic heterocycles. The Kier molecular flexibility index (Phi) is 4.39. The van der Waals surface area contributed by atoms with Crippen LogP contribution in [0.1, 0.15) is 35.6 Å². The van der Waals surface area contributed by atoms with Crippen LogP contribution in [0.4, 0.5) is 0 Å². The molecule has 4 rings (SSSR count). The minimum atomic E-state index is 0.306. The van der Waals surface area contributed by atoms with Crippen LogP contribution in [0.2, 0.25) is 0 Å². The lowest BCUT2D eigenvalue weighted by molar-refractivity contribution is -0.132. The number of rotatable bonds is 4. The lowest BCUT2D eigenvalue weighted by Gasteiger charge is -2.32. The first kappa shape index (κ1) is 15.5. The number of nitrogens with zero attached hydrogens (tertiary/aromatic N) is 1. The van der Waals surface area contributed by atoms with E-state index >= 15 is 0 Å². The third-order valence-electron chi connectivity index (χ3n) is 5.07. The number of aromatic nitrogens is 1. The topological polar surface area (TPSA) is 36.1 Å². The number of thiophene rings is 1. The van der Waals surface area contributed by atoms with Crippen LogP contribution >= 0.6 is 11.3 Å². The highest BCUT2D eigenvalue weighted by molar-refractivity contribution is 7.09. The molecule has 24 heavy (non-hydrogen) atoms. The maximum atomic E-state index is 12.4. The lowest BCUT2D eigenvalue weighted by Crippen LogP contribution is -2.37. The number of para-hydroxylation sites is 1. The number of aromatic amines is 1. The summed E-state index contributed by atoms with van der Waals surface area (Å²) >= 11 is 1.74. The Bertz CT molecular complexity index is 813. The van der Waals surface area contributed by atoms with Gasteiger partial charge in [-0.05, 0) is 48.3 Å². The van der Waals surface area contributed by atoms with E-state index in [0.29, 0.717) is 18.2 Å². The first-order chi connectivity index (χ1) is 11.8. The van der Waals surface area contributed by atoms with Crippen molar-refractivity contribution in [3.05, 3.63) is 58.4 Å². The normalized spacial score (nSPS) is 15.9. The summed E-state index contributed by atoms with van der Waals surface area (Å²) in [5, 5.41) is 3.41. The zero-order chi connectivity index (χ0) is 16.4. The molecule has 1 aromatic carbocycles. The van der Waals surface area contributed by atoms with Gasteiger partial charge in [0.05, 0.1) is 0 Å². The van der Waals surface area contributed by atoms with Crippen LogP contribution in [0.5, 0.6) is 0 Å². The number of amides is 1. The fourth-order valence-corrected chi connectivity index (χ4v) is 4.42. The number of H-pyrrole nitrogens is 1. The molecular formula is C20H22N2OS. The van der Waals surface area contributed by atoms with Gasteiger partial charge in [-0.25, -0.2) is 0 Å². The Hall–Kier alpha value is -2.07. The molecule has 0 saturated carbocycles. The monoisotopic (exact) mass is 338 g/mol. The average Bonchev–Trinajstić information content (AvgIpc) is 3.29. The van der Waals surface area contributed by atoms with Crippen molar-refractivity contribution in [3.63, 3.8) is 0 Å². The Morgan fingerprint density at radius 3 is 2.79 bits per heavy atom. The minimum absolute atomic E-state index is 0.306. The van der Waals surface area contributed by atoms with Crippen molar-refractivity contribution in [2.75, 3.05) is 13.1 Å². The molecule has 0 atom stereocenters. The zero-order valence-electron chi connectivity index (χ0n) is 13.7. The molecule has 1 amide bonds. The van der Waals surface area contributed by atoms with Crippen molar-refractivity contribution in [3.8, 4) is 0 Å². The summed E-state index contributed by atoms with van der Waals surface area (Å²) in [5.74, 6) is 0.864. The molecular weight excluding hydrogens is 316 g/mol. The Morgan fingerprint density at radius 1 is 1.17 bits per heavy atom. The molecule has 0 unspecified atom stereocenters. The van der Waals surface area contributed by atoms with Gasteiger partial charge in [0.25, 0.3) is 0 Å². The number of carbonyl (C=O) groups excluding carboxylic acids is 1. The SMILES string of the molecule is O=C(CCc1cccs1)N1CCC(c2c[nH]c3ccccc23)CC1. The predicted octanol–water partition coefficient (Wildman–Crippen LogP) is 4.57. The quantitative estimate of drug-likeness (QED) is 0.743. The second kappa shape index (κ2) is 6.81. The van der Waals surface area contributed by atoms with Crippen molar-refractivity contribution >= 4 is 28.1 Å². The smallest absolute Gasteiger partial charge is 0.222 e. The zero-order valence-corrected chi connectivity index (χ0v) is 14.5. The Labute approximate surface area is 146 Å². The summed E-state index contributed by atoms with van der Waals surface area (Å²) in [6.45, 7) is 1.76. The van der Waals surface area contributed by atoms with Gasteiger partial charge in [0.2, 0.25) is 5.91 Å². The fourth-order valence-electron chi connectivity index (χ4n) is 3.71. The van der Waals surface area contributed by atoms with E-state index in [4.69, 9.17) is 0 Å². The van der Waals surface area contributed by atoms with E-state index < -0.39 is 0 Å². The molecule has 3 heterocycles. The standard InChI is InChI=1S/C20H22N2OS/c23-20(8-7-16-4-3-13-24-16)22-11-9-15(10-12-22)18-14-21-19-6-2-1-5-17(18)19/h1-6,13-15,21H,7-12H2. The largest absolute Gasteiger partial charge is 0.361 e. The van der Waals surface area contributed by atoms with Crippen molar-refractivity contribution in [1.29, 1.82) is 0 Å². The predicted molar refractivity (Wildman–Crippen MR) is 99.5 cm³/mol. The molecule has 0 bridgehead atoms. The summed E-state index contributed by atoms with van der Waals surface area (Å²) in [5.41, 5.74) is 2.62. The lowest BCUT2D eigenvalue weighted by atomic mass is 9.89. The molecule has 0 radical (unpaired) electrons. The fraction of sp³-hybridized carbons (Fsp3) is 0.350. The number of likely N-dealkylation sites (tertiary alicyclic amines) is 1. The van der Waals surface area contributed by atoms with Crippen molar-refractivity contribution in [2.24, 2.45) is 0 Å². The minimum Gasteiger partial charge on any atom is -0.361 e. The molecule has 2 aromatic heterocycles. The average molecular weight is 338 g/mol. The van der Waals surface area contributed by atoms with E-state index in [-0.39, 0.29) is 0 Å². The molecule has 0 aliphatic carbocycles. The molecule has 0 spiro atoms. The molecule has 3 nitrogen and oxygen atoms in total. The number of aryl methyl sites for hydroxylation is 1. The number of hydrogen-bond donors (Lipinski definition) is 1. The van der Waals surface area contributed by atoms with Crippen LogP contribution < -0.4 is 0 Å². The highest BCUT2D eigenvalue weighted by Crippen LogP contribution is 2.33. The number of benzene rings is 1. The number of hydrogen-bond acceptors (Lipinski definition) is 2. The van der Waals surface area contributed by atoms with Gasteiger partial charge in [0.15, 0.2) is 0 Å². The third kappa shape index (κ3) is 3.11. The molecule has 1 fully saturated rings. The summed E-state index contributed by atoms with van der Waals surface area (Å²) in [6, 6.07) is 12.7. The molecule has 1 aliphatic rings. The van der Waals surface area contributed by atoms with Gasteiger partial charge >= 0.3 is 0 Å². The first-order valence-electron chi connectivity index (χ1n) is 8.67. The van der Waals surface area contributed by atoms with E-state index in [1.165, 1.54) is 21.3 Å². The van der Waals surface area contributed by atoms with E-state index in [1.54, 1.807) is 11.3 Å². The summed E-state index contributed by atoms with van der Waals surface area (Å²) < 4.78 is 0. The van der Waals surface area contributed by atoms with Crippen LogP contribution in [0, 0.1) is 0 Å². The van der Waals surface area contributed by atoms with Crippen molar-refractivity contribution in [2.45, 2.75) is 31.6 Å². The van der Waals surface area contributed by atoms with E-state index in [9.17, 15) is 4.79 Å². The maximum absolute atomic E-state index is 12.4. The van der Waals surface area contributed by atoms with Gasteiger partial charge in [-0.15, -0.1) is 11.3 Å². The summed E-state index contributed by atoms with van der Waals surface area (Å²) in [7, 11) is 0. The van der Waals surface area contributed by atoms with E-state index in [2.05, 4.69) is 57.9 Å². The Morgan fingerprint density at radius 2 is 2.00 bits per heavy atom. The van der Waals surface area contributed by atoms with Gasteiger partial charge in [-0.2, -0.15) is 0 Å². The van der Waals surface area contributed by atoms with Gasteiger partial charge < -0.3 is 9.88 Å². The van der Waals surface area contributed by atoms with Crippen molar-refractivity contribution in [1.82, 2.24) is 9.88 Å². The third-order valence-corrected chi connectivity index (χ3v) is 6.01. The van der Waals surface area contributed by atoms with Crippen molar-refractivity contribution < 1.29 is 4.79 Å². The summed E-state index contributed by atoms with van der Waals surface area (Å²) in [6.07, 6.45) is 5.79. The highest BCUT2D eigenvalue weighted by atomic mass is 32.1. The van der Waals surface area contributed by atoms with E-state index in [0.717, 1.165) is 32.4 Å². The van der Waals surface area contributed by atoms with Crippen LogP contribution in [-0.2, 0) is 11.2 Å². The maximum Gasteiger partial charge on any atom is 0.222 e. The van der Waals surface area contributed by atoms with Gasteiger partial charge in [0, 0.05) is 41.5 Å². The molecule has 124 valence electrons. The second-order valence-corrected chi connectivity index (χ2v) is 7.56. The molecule has 1 N–H and O–H groups in total. The van der Waals surface area contributed by atoms with Crippen LogP contribution in [0.3, 0.4) is 0 Å². The van der Waals surface area contributed by atoms with Gasteiger partial charge in [-0.1, -0.05) is 24.3 Å². The number of fused-ring (bicyclic) bond motifs is 1. The van der Waals surface area contributed by atoms with E-state index in [1.807, 2.05) is 0 Å². The summed E-state index contributed by atoms with van der Waals surface area (Å²) in [4.78, 5) is 19.2. The van der Waals surface area contributed by atoms with Gasteiger partial charge in [-0.3, -0.25) is 4.79 Å². The molecule has 4 heteroatoms. The highest BCUT2D eigenvalue weighted by Gasteiger charge is 2.25. The van der Waals surface area contributed by atoms with Gasteiger partial charge in [0.1, 0.15) is 0 Å². The number of carbonyl (C=O) groups is 1. The number of piperidine rings is 1. The van der Waals surface area contributed by atoms with Crippen LogP contribution in [0.25, 0.3) is 10.9 Å². The first-order valence-corrected chi connectivity index (χ1v) is 9.55. The molecule has 1 saturated heterocycles. The second-order valence-electron chi connectivity index (χ2n) is 6.52.